The van der Waals surface area contributed by atoms with E-state index in [1.165, 1.54) is 33.7 Å². The number of nitrogens with one attached hydrogen (secondary N) is 1. The summed E-state index contributed by atoms with van der Waals surface area (Å²) in [7, 11) is 1.72. The lowest BCUT2D eigenvalue weighted by atomic mass is 10.1. The van der Waals surface area contributed by atoms with Crippen molar-refractivity contribution in [2.75, 3.05) is 7.11 Å². The fourth-order valence-corrected chi connectivity index (χ4v) is 3.13. The van der Waals surface area contributed by atoms with Crippen molar-refractivity contribution in [3.8, 4) is 16.2 Å². The smallest absolute Gasteiger partial charge is 0.119 e. The van der Waals surface area contributed by atoms with Gasteiger partial charge in [-0.1, -0.05) is 0 Å². The van der Waals surface area contributed by atoms with Crippen molar-refractivity contribution in [1.82, 2.24) is 5.32 Å². The molecule has 1 aromatic carbocycles. The lowest BCUT2D eigenvalue weighted by molar-refractivity contribution is 0.414. The average Bonchev–Trinajstić information content (AvgIpc) is 3.17. The van der Waals surface area contributed by atoms with Crippen molar-refractivity contribution in [1.29, 1.82) is 0 Å². The first kappa shape index (κ1) is 12.7. The van der Waals surface area contributed by atoms with E-state index in [2.05, 4.69) is 36.5 Å². The minimum absolute atomic E-state index is 0.726. The lowest BCUT2D eigenvalue weighted by Gasteiger charge is -2.11. The Bertz CT molecular complexity index is 572. The van der Waals surface area contributed by atoms with Gasteiger partial charge in [0.15, 0.2) is 0 Å². The number of thiophene rings is 1. The Hall–Kier alpha value is -1.32. The summed E-state index contributed by atoms with van der Waals surface area (Å²) < 4.78 is 5.35. The second-order valence-electron chi connectivity index (χ2n) is 5.09. The maximum atomic E-state index is 5.35. The average molecular weight is 273 g/mol. The molecule has 1 aromatic heterocycles. The number of hydrogen-bond acceptors (Lipinski definition) is 3. The number of methoxy groups -OCH3 is 1. The molecule has 19 heavy (non-hydrogen) atoms. The van der Waals surface area contributed by atoms with E-state index in [0.717, 1.165) is 18.3 Å². The van der Waals surface area contributed by atoms with Gasteiger partial charge in [0.1, 0.15) is 5.75 Å². The summed E-state index contributed by atoms with van der Waals surface area (Å²) in [6, 6.07) is 11.5. The molecule has 0 bridgehead atoms. The van der Waals surface area contributed by atoms with Crippen LogP contribution in [0.2, 0.25) is 0 Å². The Morgan fingerprint density at radius 2 is 2.11 bits per heavy atom. The SMILES string of the molecule is COc1ccc(-c2ccc(C)s2)c(CNC2CC2)c1. The van der Waals surface area contributed by atoms with Gasteiger partial charge in [0.25, 0.3) is 0 Å². The molecule has 0 radical (unpaired) electrons. The molecule has 0 amide bonds. The van der Waals surface area contributed by atoms with Gasteiger partial charge in [-0.3, -0.25) is 0 Å². The van der Waals surface area contributed by atoms with Crippen molar-refractivity contribution in [2.45, 2.75) is 32.4 Å². The summed E-state index contributed by atoms with van der Waals surface area (Å²) in [5.41, 5.74) is 2.65. The highest BCUT2D eigenvalue weighted by atomic mass is 32.1. The minimum atomic E-state index is 0.726. The molecule has 3 heteroatoms. The van der Waals surface area contributed by atoms with Gasteiger partial charge in [0.2, 0.25) is 0 Å². The van der Waals surface area contributed by atoms with Crippen LogP contribution in [0.5, 0.6) is 5.75 Å². The van der Waals surface area contributed by atoms with Crippen LogP contribution in [0.15, 0.2) is 30.3 Å². The topological polar surface area (TPSA) is 21.3 Å². The molecule has 0 atom stereocenters. The third-order valence-electron chi connectivity index (χ3n) is 3.48. The highest BCUT2D eigenvalue weighted by molar-refractivity contribution is 7.15. The number of aryl methyl sites for hydroxylation is 1. The summed E-state index contributed by atoms with van der Waals surface area (Å²) in [5.74, 6) is 0.935. The molecule has 0 spiro atoms. The van der Waals surface area contributed by atoms with E-state index in [4.69, 9.17) is 4.74 Å². The van der Waals surface area contributed by atoms with Gasteiger partial charge in [0.05, 0.1) is 7.11 Å². The van der Waals surface area contributed by atoms with Crippen molar-refractivity contribution >= 4 is 11.3 Å². The molecular weight excluding hydrogens is 254 g/mol. The van der Waals surface area contributed by atoms with E-state index in [1.807, 2.05) is 17.4 Å². The van der Waals surface area contributed by atoms with E-state index in [1.54, 1.807) is 7.11 Å². The highest BCUT2D eigenvalue weighted by Crippen LogP contribution is 2.33. The molecule has 100 valence electrons. The zero-order valence-electron chi connectivity index (χ0n) is 11.4. The molecular formula is C16H19NOS. The van der Waals surface area contributed by atoms with E-state index in [9.17, 15) is 0 Å². The molecule has 2 aromatic rings. The molecule has 1 saturated carbocycles. The molecule has 1 aliphatic carbocycles. The predicted octanol–water partition coefficient (Wildman–Crippen LogP) is 3.98. The summed E-state index contributed by atoms with van der Waals surface area (Å²) in [6.07, 6.45) is 2.63. The Balaban J connectivity index is 1.91. The first-order chi connectivity index (χ1) is 9.26. The van der Waals surface area contributed by atoms with Crippen LogP contribution in [0.1, 0.15) is 23.3 Å². The Kier molecular flexibility index (Phi) is 3.58. The largest absolute Gasteiger partial charge is 0.497 e. The first-order valence-electron chi connectivity index (χ1n) is 6.73. The second-order valence-corrected chi connectivity index (χ2v) is 6.38. The van der Waals surface area contributed by atoms with E-state index in [0.29, 0.717) is 0 Å². The molecule has 0 unspecified atom stereocenters. The standard InChI is InChI=1S/C16H19NOS/c1-11-3-8-16(19-11)15-7-6-14(18-2)9-12(15)10-17-13-4-5-13/h3,6-9,13,17H,4-5,10H2,1-2H3. The molecule has 1 aliphatic rings. The number of ether oxygens (including phenoxy) is 1. The van der Waals surface area contributed by atoms with Crippen LogP contribution in [0.4, 0.5) is 0 Å². The van der Waals surface area contributed by atoms with Crippen molar-refractivity contribution in [2.24, 2.45) is 0 Å². The fourth-order valence-electron chi connectivity index (χ4n) is 2.20. The predicted molar refractivity (Wildman–Crippen MR) is 80.9 cm³/mol. The van der Waals surface area contributed by atoms with Crippen molar-refractivity contribution in [3.63, 3.8) is 0 Å². The summed E-state index contributed by atoms with van der Waals surface area (Å²) in [5, 5.41) is 3.59. The molecule has 3 rings (SSSR count). The van der Waals surface area contributed by atoms with Gasteiger partial charge in [-0.05, 0) is 61.2 Å². The van der Waals surface area contributed by atoms with Crippen LogP contribution < -0.4 is 10.1 Å². The van der Waals surface area contributed by atoms with E-state index in [-0.39, 0.29) is 0 Å². The van der Waals surface area contributed by atoms with Gasteiger partial charge < -0.3 is 10.1 Å². The quantitative estimate of drug-likeness (QED) is 0.889. The van der Waals surface area contributed by atoms with Gasteiger partial charge in [-0.15, -0.1) is 11.3 Å². The van der Waals surface area contributed by atoms with Crippen molar-refractivity contribution < 1.29 is 4.74 Å². The Labute approximate surface area is 118 Å². The van der Waals surface area contributed by atoms with Crippen molar-refractivity contribution in [3.05, 3.63) is 40.8 Å². The third-order valence-corrected chi connectivity index (χ3v) is 4.51. The van der Waals surface area contributed by atoms with Crippen LogP contribution in [0, 0.1) is 6.92 Å². The molecule has 2 nitrogen and oxygen atoms in total. The lowest BCUT2D eigenvalue weighted by Crippen LogP contribution is -2.15. The number of rotatable bonds is 5. The van der Waals surface area contributed by atoms with Crippen LogP contribution in [0.3, 0.4) is 0 Å². The normalized spacial score (nSPS) is 14.6. The summed E-state index contributed by atoms with van der Waals surface area (Å²) in [6.45, 7) is 3.08. The summed E-state index contributed by atoms with van der Waals surface area (Å²) >= 11 is 1.85. The summed E-state index contributed by atoms with van der Waals surface area (Å²) in [4.78, 5) is 2.69. The van der Waals surface area contributed by atoms with Gasteiger partial charge in [0, 0.05) is 22.3 Å². The minimum Gasteiger partial charge on any atom is -0.497 e. The molecule has 0 aliphatic heterocycles. The molecule has 1 N–H and O–H groups in total. The van der Waals surface area contributed by atoms with Gasteiger partial charge in [-0.2, -0.15) is 0 Å². The fraction of sp³-hybridized carbons (Fsp3) is 0.375. The van der Waals surface area contributed by atoms with E-state index < -0.39 is 0 Å². The Morgan fingerprint density at radius 1 is 1.26 bits per heavy atom. The third kappa shape index (κ3) is 2.99. The molecule has 1 fully saturated rings. The Morgan fingerprint density at radius 3 is 2.74 bits per heavy atom. The highest BCUT2D eigenvalue weighted by Gasteiger charge is 2.20. The van der Waals surface area contributed by atoms with Crippen LogP contribution >= 0.6 is 11.3 Å². The van der Waals surface area contributed by atoms with Gasteiger partial charge >= 0.3 is 0 Å². The second kappa shape index (κ2) is 5.35. The molecule has 1 heterocycles. The monoisotopic (exact) mass is 273 g/mol. The zero-order chi connectivity index (χ0) is 13.2. The maximum absolute atomic E-state index is 5.35. The van der Waals surface area contributed by atoms with E-state index >= 15 is 0 Å². The first-order valence-corrected chi connectivity index (χ1v) is 7.55. The number of benzene rings is 1. The number of hydrogen-bond donors (Lipinski definition) is 1. The maximum Gasteiger partial charge on any atom is 0.119 e. The van der Waals surface area contributed by atoms with Crippen LogP contribution in [-0.4, -0.2) is 13.2 Å². The van der Waals surface area contributed by atoms with Gasteiger partial charge in [-0.25, -0.2) is 0 Å². The zero-order valence-corrected chi connectivity index (χ0v) is 12.2. The van der Waals surface area contributed by atoms with Crippen LogP contribution in [0.25, 0.3) is 10.4 Å². The molecule has 0 saturated heterocycles. The van der Waals surface area contributed by atoms with Crippen LogP contribution in [-0.2, 0) is 6.54 Å².